The van der Waals surface area contributed by atoms with Crippen LogP contribution in [0, 0.1) is 6.92 Å². The Hall–Kier alpha value is -1.06. The van der Waals surface area contributed by atoms with Gasteiger partial charge in [0.1, 0.15) is 5.75 Å². The first-order valence-electron chi connectivity index (χ1n) is 7.45. The van der Waals surface area contributed by atoms with Crippen LogP contribution in [0.5, 0.6) is 5.75 Å². The zero-order chi connectivity index (χ0) is 15.2. The maximum Gasteiger partial charge on any atom is 0.122 e. The van der Waals surface area contributed by atoms with Crippen molar-refractivity contribution >= 4 is 0 Å². The number of likely N-dealkylation sites (N-methyl/N-ethyl adjacent to an activating group) is 1. The molecule has 0 aliphatic heterocycles. The van der Waals surface area contributed by atoms with E-state index in [0.29, 0.717) is 12.5 Å². The highest BCUT2D eigenvalue weighted by Crippen LogP contribution is 2.27. The Labute approximate surface area is 123 Å². The summed E-state index contributed by atoms with van der Waals surface area (Å²) >= 11 is 0. The molecule has 0 fully saturated rings. The summed E-state index contributed by atoms with van der Waals surface area (Å²) in [6, 6.07) is 6.39. The number of aliphatic hydroxyl groups excluding tert-OH is 1. The van der Waals surface area contributed by atoms with E-state index in [1.165, 1.54) is 11.1 Å². The standard InChI is InChI=1S/C17H29NO2/c1-13(2)15-8-7-14(3)11-16(15)20-10-6-9-17(4,12-19)18-5/h7-8,11,13,18-19H,6,9-10,12H2,1-5H3. The fourth-order valence-corrected chi connectivity index (χ4v) is 2.17. The van der Waals surface area contributed by atoms with Crippen molar-refractivity contribution in [2.75, 3.05) is 20.3 Å². The molecule has 2 N–H and O–H groups in total. The summed E-state index contributed by atoms with van der Waals surface area (Å²) in [4.78, 5) is 0. The molecule has 3 nitrogen and oxygen atoms in total. The molecule has 0 aromatic heterocycles. The van der Waals surface area contributed by atoms with Gasteiger partial charge in [0, 0.05) is 5.54 Å². The van der Waals surface area contributed by atoms with Crippen LogP contribution >= 0.6 is 0 Å². The lowest BCUT2D eigenvalue weighted by molar-refractivity contribution is 0.163. The van der Waals surface area contributed by atoms with Gasteiger partial charge in [0.15, 0.2) is 0 Å². The molecule has 0 saturated carbocycles. The Morgan fingerprint density at radius 2 is 2.05 bits per heavy atom. The van der Waals surface area contributed by atoms with Crippen LogP contribution in [0.15, 0.2) is 18.2 Å². The Bertz CT molecular complexity index is 411. The highest BCUT2D eigenvalue weighted by atomic mass is 16.5. The minimum atomic E-state index is -0.211. The predicted molar refractivity (Wildman–Crippen MR) is 84.5 cm³/mol. The molecule has 0 aliphatic carbocycles. The molecule has 3 heteroatoms. The molecule has 0 aliphatic rings. The summed E-state index contributed by atoms with van der Waals surface area (Å²) in [5.74, 6) is 1.46. The van der Waals surface area contributed by atoms with E-state index >= 15 is 0 Å². The molecule has 1 unspecified atom stereocenters. The van der Waals surface area contributed by atoms with Crippen LogP contribution in [-0.2, 0) is 0 Å². The Morgan fingerprint density at radius 3 is 2.60 bits per heavy atom. The molecule has 0 spiro atoms. The molecular formula is C17H29NO2. The first kappa shape index (κ1) is 17.0. The maximum atomic E-state index is 9.35. The van der Waals surface area contributed by atoms with Crippen LogP contribution in [-0.4, -0.2) is 30.9 Å². The minimum Gasteiger partial charge on any atom is -0.493 e. The maximum absolute atomic E-state index is 9.35. The van der Waals surface area contributed by atoms with E-state index in [2.05, 4.69) is 44.3 Å². The van der Waals surface area contributed by atoms with Crippen molar-refractivity contribution in [2.45, 2.75) is 52.0 Å². The van der Waals surface area contributed by atoms with Gasteiger partial charge in [-0.15, -0.1) is 0 Å². The van der Waals surface area contributed by atoms with Gasteiger partial charge in [-0.25, -0.2) is 0 Å². The lowest BCUT2D eigenvalue weighted by atomic mass is 9.97. The third-order valence-corrected chi connectivity index (χ3v) is 3.87. The highest BCUT2D eigenvalue weighted by molar-refractivity contribution is 5.39. The van der Waals surface area contributed by atoms with Gasteiger partial charge in [0.05, 0.1) is 13.2 Å². The third kappa shape index (κ3) is 4.80. The summed E-state index contributed by atoms with van der Waals surface area (Å²) in [6.07, 6.45) is 1.81. The molecule has 0 amide bonds. The van der Waals surface area contributed by atoms with E-state index in [4.69, 9.17) is 4.74 Å². The summed E-state index contributed by atoms with van der Waals surface area (Å²) in [7, 11) is 1.88. The number of hydrogen-bond acceptors (Lipinski definition) is 3. The van der Waals surface area contributed by atoms with Crippen molar-refractivity contribution in [1.82, 2.24) is 5.32 Å². The van der Waals surface area contributed by atoms with E-state index in [1.807, 2.05) is 14.0 Å². The number of nitrogens with one attached hydrogen (secondary N) is 1. The van der Waals surface area contributed by atoms with Crippen LogP contribution < -0.4 is 10.1 Å². The van der Waals surface area contributed by atoms with Gasteiger partial charge in [0.25, 0.3) is 0 Å². The van der Waals surface area contributed by atoms with Crippen molar-refractivity contribution in [2.24, 2.45) is 0 Å². The second-order valence-corrected chi connectivity index (χ2v) is 6.12. The van der Waals surface area contributed by atoms with Crippen LogP contribution in [0.1, 0.15) is 50.7 Å². The Kier molecular flexibility index (Phi) is 6.50. The van der Waals surface area contributed by atoms with Crippen LogP contribution in [0.25, 0.3) is 0 Å². The number of ether oxygens (including phenoxy) is 1. The largest absolute Gasteiger partial charge is 0.493 e. The summed E-state index contributed by atoms with van der Waals surface area (Å²) in [5, 5.41) is 12.5. The first-order valence-corrected chi connectivity index (χ1v) is 7.45. The number of benzene rings is 1. The van der Waals surface area contributed by atoms with Gasteiger partial charge in [-0.05, 0) is 56.8 Å². The number of hydrogen-bond donors (Lipinski definition) is 2. The average Bonchev–Trinajstić information content (AvgIpc) is 2.43. The van der Waals surface area contributed by atoms with E-state index in [1.54, 1.807) is 0 Å². The molecule has 1 atom stereocenters. The second kappa shape index (κ2) is 7.65. The quantitative estimate of drug-likeness (QED) is 0.718. The number of rotatable bonds is 8. The topological polar surface area (TPSA) is 41.5 Å². The van der Waals surface area contributed by atoms with E-state index in [0.717, 1.165) is 18.6 Å². The molecule has 0 radical (unpaired) electrons. The summed E-state index contributed by atoms with van der Waals surface area (Å²) in [6.45, 7) is 9.30. The highest BCUT2D eigenvalue weighted by Gasteiger charge is 2.20. The van der Waals surface area contributed by atoms with Gasteiger partial charge >= 0.3 is 0 Å². The predicted octanol–water partition coefficient (Wildman–Crippen LogP) is 3.25. The van der Waals surface area contributed by atoms with Gasteiger partial charge in [0.2, 0.25) is 0 Å². The lowest BCUT2D eigenvalue weighted by Crippen LogP contribution is -2.43. The third-order valence-electron chi connectivity index (χ3n) is 3.87. The second-order valence-electron chi connectivity index (χ2n) is 6.12. The SMILES string of the molecule is CNC(C)(CO)CCCOc1cc(C)ccc1C(C)C. The van der Waals surface area contributed by atoms with E-state index in [9.17, 15) is 5.11 Å². The summed E-state index contributed by atoms with van der Waals surface area (Å²) < 4.78 is 5.95. The Morgan fingerprint density at radius 1 is 1.35 bits per heavy atom. The number of aliphatic hydroxyl groups is 1. The van der Waals surface area contributed by atoms with Crippen LogP contribution in [0.4, 0.5) is 0 Å². The van der Waals surface area contributed by atoms with Gasteiger partial charge < -0.3 is 15.2 Å². The molecule has 1 aromatic carbocycles. The number of aryl methyl sites for hydroxylation is 1. The smallest absolute Gasteiger partial charge is 0.122 e. The fraction of sp³-hybridized carbons (Fsp3) is 0.647. The van der Waals surface area contributed by atoms with Crippen molar-refractivity contribution < 1.29 is 9.84 Å². The van der Waals surface area contributed by atoms with Gasteiger partial charge in [-0.1, -0.05) is 26.0 Å². The van der Waals surface area contributed by atoms with Crippen molar-refractivity contribution in [1.29, 1.82) is 0 Å². The monoisotopic (exact) mass is 279 g/mol. The first-order chi connectivity index (χ1) is 9.41. The average molecular weight is 279 g/mol. The van der Waals surface area contributed by atoms with Crippen LogP contribution in [0.2, 0.25) is 0 Å². The van der Waals surface area contributed by atoms with Crippen molar-refractivity contribution in [3.05, 3.63) is 29.3 Å². The van der Waals surface area contributed by atoms with E-state index in [-0.39, 0.29) is 12.1 Å². The fourth-order valence-electron chi connectivity index (χ4n) is 2.17. The van der Waals surface area contributed by atoms with Gasteiger partial charge in [-0.3, -0.25) is 0 Å². The molecule has 20 heavy (non-hydrogen) atoms. The molecule has 0 saturated heterocycles. The van der Waals surface area contributed by atoms with Crippen molar-refractivity contribution in [3.8, 4) is 5.75 Å². The lowest BCUT2D eigenvalue weighted by Gasteiger charge is -2.26. The zero-order valence-corrected chi connectivity index (χ0v) is 13.5. The van der Waals surface area contributed by atoms with Crippen molar-refractivity contribution in [3.63, 3.8) is 0 Å². The molecule has 114 valence electrons. The minimum absolute atomic E-state index is 0.144. The zero-order valence-electron chi connectivity index (χ0n) is 13.5. The Balaban J connectivity index is 2.56. The van der Waals surface area contributed by atoms with E-state index < -0.39 is 0 Å². The molecule has 0 heterocycles. The molecule has 0 bridgehead atoms. The van der Waals surface area contributed by atoms with Gasteiger partial charge in [-0.2, -0.15) is 0 Å². The molecule has 1 aromatic rings. The van der Waals surface area contributed by atoms with Crippen LogP contribution in [0.3, 0.4) is 0 Å². The molecular weight excluding hydrogens is 250 g/mol. The normalized spacial score (nSPS) is 14.3. The summed E-state index contributed by atoms with van der Waals surface area (Å²) in [5.41, 5.74) is 2.27. The molecule has 1 rings (SSSR count).